The molecule has 0 aliphatic heterocycles. The van der Waals surface area contributed by atoms with Crippen molar-refractivity contribution in [3.63, 3.8) is 0 Å². The van der Waals surface area contributed by atoms with Gasteiger partial charge in [-0.2, -0.15) is 5.26 Å². The van der Waals surface area contributed by atoms with Crippen molar-refractivity contribution in [1.29, 1.82) is 5.26 Å². The highest BCUT2D eigenvalue weighted by molar-refractivity contribution is 6.20. The van der Waals surface area contributed by atoms with E-state index in [2.05, 4.69) is 33.8 Å². The molecule has 1 fully saturated rings. The third-order valence-corrected chi connectivity index (χ3v) is 5.81. The van der Waals surface area contributed by atoms with Crippen molar-refractivity contribution in [1.82, 2.24) is 0 Å². The third kappa shape index (κ3) is 3.02. The average molecular weight is 270 g/mol. The molecule has 1 aliphatic carbocycles. The Labute approximate surface area is 118 Å². The van der Waals surface area contributed by atoms with E-state index < -0.39 is 0 Å². The van der Waals surface area contributed by atoms with Gasteiger partial charge in [-0.1, -0.05) is 34.1 Å². The van der Waals surface area contributed by atoms with E-state index in [1.54, 1.807) is 0 Å². The van der Waals surface area contributed by atoms with Gasteiger partial charge in [-0.3, -0.25) is 0 Å². The van der Waals surface area contributed by atoms with E-state index in [0.717, 1.165) is 12.8 Å². The summed E-state index contributed by atoms with van der Waals surface area (Å²) in [5.41, 5.74) is 0.195. The van der Waals surface area contributed by atoms with Gasteiger partial charge in [0, 0.05) is 11.8 Å². The zero-order valence-electron chi connectivity index (χ0n) is 12.4. The minimum absolute atomic E-state index is 0.195. The fourth-order valence-corrected chi connectivity index (χ4v) is 4.43. The molecule has 0 N–H and O–H groups in total. The molecule has 0 saturated heterocycles. The van der Waals surface area contributed by atoms with E-state index in [-0.39, 0.29) is 5.41 Å². The van der Waals surface area contributed by atoms with Gasteiger partial charge in [0.2, 0.25) is 0 Å². The van der Waals surface area contributed by atoms with E-state index in [9.17, 15) is 5.26 Å². The first-order valence-corrected chi connectivity index (χ1v) is 7.93. The fourth-order valence-electron chi connectivity index (χ4n) is 4.18. The smallest absolute Gasteiger partial charge is 0.0627 e. The molecule has 1 nitrogen and oxygen atoms in total. The first-order valence-electron chi connectivity index (χ1n) is 7.50. The molecule has 0 heterocycles. The van der Waals surface area contributed by atoms with Crippen LogP contribution in [-0.4, -0.2) is 5.38 Å². The Morgan fingerprint density at radius 2 is 1.89 bits per heavy atom. The molecule has 1 saturated carbocycles. The molecule has 0 aromatic rings. The van der Waals surface area contributed by atoms with Gasteiger partial charge in [0.05, 0.1) is 6.07 Å². The van der Waals surface area contributed by atoms with E-state index in [1.165, 1.54) is 19.3 Å². The summed E-state index contributed by atoms with van der Waals surface area (Å²) in [7, 11) is 0. The summed E-state index contributed by atoms with van der Waals surface area (Å²) in [6.45, 7) is 9.22. The maximum absolute atomic E-state index is 9.30. The SMILES string of the molecule is CCC1CCC(Cl)CCC(C)C1(CC#N)C(C)C. The Morgan fingerprint density at radius 1 is 1.28 bits per heavy atom. The number of nitriles is 1. The number of hydrogen-bond acceptors (Lipinski definition) is 1. The van der Waals surface area contributed by atoms with Gasteiger partial charge in [-0.25, -0.2) is 0 Å². The predicted molar refractivity (Wildman–Crippen MR) is 78.6 cm³/mol. The van der Waals surface area contributed by atoms with Crippen molar-refractivity contribution in [2.75, 3.05) is 0 Å². The number of rotatable bonds is 3. The molecular weight excluding hydrogens is 242 g/mol. The van der Waals surface area contributed by atoms with Crippen molar-refractivity contribution in [2.24, 2.45) is 23.2 Å². The Morgan fingerprint density at radius 3 is 2.39 bits per heavy atom. The summed E-state index contributed by atoms with van der Waals surface area (Å²) in [5, 5.41) is 9.64. The zero-order valence-corrected chi connectivity index (χ0v) is 13.1. The molecule has 0 radical (unpaired) electrons. The number of hydrogen-bond donors (Lipinski definition) is 0. The van der Waals surface area contributed by atoms with Crippen LogP contribution in [0.3, 0.4) is 0 Å². The van der Waals surface area contributed by atoms with Gasteiger partial charge in [0.25, 0.3) is 0 Å². The second kappa shape index (κ2) is 6.80. The van der Waals surface area contributed by atoms with Crippen molar-refractivity contribution < 1.29 is 0 Å². The molecule has 0 aromatic heterocycles. The maximum atomic E-state index is 9.30. The van der Waals surface area contributed by atoms with Crippen LogP contribution in [0.2, 0.25) is 0 Å². The van der Waals surface area contributed by atoms with Crippen LogP contribution in [0.4, 0.5) is 0 Å². The predicted octanol–water partition coefficient (Wildman–Crippen LogP) is 5.39. The second-order valence-corrected chi connectivity index (χ2v) is 6.98. The highest BCUT2D eigenvalue weighted by Gasteiger charge is 2.45. The minimum atomic E-state index is 0.195. The summed E-state index contributed by atoms with van der Waals surface area (Å²) >= 11 is 6.37. The lowest BCUT2D eigenvalue weighted by Gasteiger charge is -2.49. The van der Waals surface area contributed by atoms with Crippen LogP contribution in [0.15, 0.2) is 0 Å². The van der Waals surface area contributed by atoms with Crippen LogP contribution in [0.1, 0.15) is 66.2 Å². The van der Waals surface area contributed by atoms with Crippen LogP contribution < -0.4 is 0 Å². The first kappa shape index (κ1) is 15.8. The van der Waals surface area contributed by atoms with Crippen LogP contribution in [0.25, 0.3) is 0 Å². The van der Waals surface area contributed by atoms with E-state index >= 15 is 0 Å². The largest absolute Gasteiger partial charge is 0.198 e. The standard InChI is InChI=1S/C16H28ClN/c1-5-14-7-9-15(17)8-6-13(4)16(14,10-11-18)12(2)3/h12-15H,5-10H2,1-4H3. The molecule has 1 aliphatic rings. The highest BCUT2D eigenvalue weighted by atomic mass is 35.5. The molecular formula is C16H28ClN. The molecule has 0 amide bonds. The lowest BCUT2D eigenvalue weighted by atomic mass is 9.55. The fraction of sp³-hybridized carbons (Fsp3) is 0.938. The van der Waals surface area contributed by atoms with Crippen molar-refractivity contribution in [3.8, 4) is 6.07 Å². The number of halogens is 1. The van der Waals surface area contributed by atoms with Gasteiger partial charge in [0.15, 0.2) is 0 Å². The topological polar surface area (TPSA) is 23.8 Å². The van der Waals surface area contributed by atoms with E-state index in [0.29, 0.717) is 29.6 Å². The molecule has 0 aromatic carbocycles. The molecule has 4 unspecified atom stereocenters. The lowest BCUT2D eigenvalue weighted by Crippen LogP contribution is -2.43. The monoisotopic (exact) mass is 269 g/mol. The molecule has 104 valence electrons. The highest BCUT2D eigenvalue weighted by Crippen LogP contribution is 2.52. The van der Waals surface area contributed by atoms with E-state index in [1.807, 2.05) is 0 Å². The Hall–Kier alpha value is -0.220. The zero-order chi connectivity index (χ0) is 13.8. The maximum Gasteiger partial charge on any atom is 0.0627 e. The summed E-state index contributed by atoms with van der Waals surface area (Å²) < 4.78 is 0. The minimum Gasteiger partial charge on any atom is -0.198 e. The van der Waals surface area contributed by atoms with Crippen LogP contribution in [0, 0.1) is 34.5 Å². The molecule has 18 heavy (non-hydrogen) atoms. The van der Waals surface area contributed by atoms with Gasteiger partial charge < -0.3 is 0 Å². The Kier molecular flexibility index (Phi) is 5.99. The van der Waals surface area contributed by atoms with E-state index in [4.69, 9.17) is 11.6 Å². The van der Waals surface area contributed by atoms with Gasteiger partial charge >= 0.3 is 0 Å². The van der Waals surface area contributed by atoms with Gasteiger partial charge in [-0.15, -0.1) is 11.6 Å². The second-order valence-electron chi connectivity index (χ2n) is 6.36. The number of nitrogens with zero attached hydrogens (tertiary/aromatic N) is 1. The molecule has 2 heteroatoms. The summed E-state index contributed by atoms with van der Waals surface area (Å²) in [6, 6.07) is 2.48. The first-order chi connectivity index (χ1) is 8.48. The molecule has 1 rings (SSSR count). The number of alkyl halides is 1. The summed E-state index contributed by atoms with van der Waals surface area (Å²) in [6.07, 6.45) is 6.47. The van der Waals surface area contributed by atoms with Gasteiger partial charge in [-0.05, 0) is 48.9 Å². The quantitative estimate of drug-likeness (QED) is 0.631. The van der Waals surface area contributed by atoms with Crippen LogP contribution in [-0.2, 0) is 0 Å². The Bertz CT molecular complexity index is 294. The van der Waals surface area contributed by atoms with Crippen molar-refractivity contribution >= 4 is 11.6 Å². The molecule has 0 bridgehead atoms. The summed E-state index contributed by atoms with van der Waals surface area (Å²) in [5.74, 6) is 1.82. The van der Waals surface area contributed by atoms with Crippen molar-refractivity contribution in [2.45, 2.75) is 71.6 Å². The third-order valence-electron chi connectivity index (χ3n) is 5.37. The van der Waals surface area contributed by atoms with Crippen LogP contribution in [0.5, 0.6) is 0 Å². The summed E-state index contributed by atoms with van der Waals surface area (Å²) in [4.78, 5) is 0. The van der Waals surface area contributed by atoms with Crippen molar-refractivity contribution in [3.05, 3.63) is 0 Å². The Balaban J connectivity index is 3.08. The van der Waals surface area contributed by atoms with Gasteiger partial charge in [0.1, 0.15) is 0 Å². The lowest BCUT2D eigenvalue weighted by molar-refractivity contribution is 0.00661. The van der Waals surface area contributed by atoms with Crippen LogP contribution >= 0.6 is 11.6 Å². The molecule has 0 spiro atoms. The normalized spacial score (nSPS) is 37.9. The average Bonchev–Trinajstić information content (AvgIpc) is 2.33. The molecule has 4 atom stereocenters.